The number of aromatic nitrogens is 2. The van der Waals surface area contributed by atoms with Crippen LogP contribution >= 0.6 is 0 Å². The first-order valence-corrected chi connectivity index (χ1v) is 5.26. The van der Waals surface area contributed by atoms with E-state index in [0.29, 0.717) is 13.1 Å². The molecule has 1 aliphatic rings. The maximum absolute atomic E-state index is 11.0. The van der Waals surface area contributed by atoms with Gasteiger partial charge in [-0.25, -0.2) is 4.98 Å². The molecule has 1 aliphatic heterocycles. The minimum absolute atomic E-state index is 0.0732. The van der Waals surface area contributed by atoms with Crippen molar-refractivity contribution in [3.8, 4) is 0 Å². The highest BCUT2D eigenvalue weighted by molar-refractivity contribution is 5.78. The van der Waals surface area contributed by atoms with E-state index in [-0.39, 0.29) is 11.8 Å². The fourth-order valence-corrected chi connectivity index (χ4v) is 1.82. The number of rotatable bonds is 3. The minimum atomic E-state index is -0.242. The zero-order chi connectivity index (χ0) is 11.5. The maximum atomic E-state index is 11.0. The zero-order valence-electron chi connectivity index (χ0n) is 8.97. The van der Waals surface area contributed by atoms with Gasteiger partial charge in [0.1, 0.15) is 5.82 Å². The van der Waals surface area contributed by atoms with Crippen LogP contribution in [0.3, 0.4) is 0 Å². The predicted molar refractivity (Wildman–Crippen MR) is 59.4 cm³/mol. The summed E-state index contributed by atoms with van der Waals surface area (Å²) in [7, 11) is 0. The minimum Gasteiger partial charge on any atom is -0.369 e. The molecule has 16 heavy (non-hydrogen) atoms. The van der Waals surface area contributed by atoms with Gasteiger partial charge in [-0.15, -0.1) is 0 Å². The SMILES string of the molecule is NCc1cnc(N2CCC(C(N)=O)C2)cn1. The Morgan fingerprint density at radius 1 is 1.50 bits per heavy atom. The molecule has 0 aliphatic carbocycles. The zero-order valence-corrected chi connectivity index (χ0v) is 8.97. The first-order chi connectivity index (χ1) is 7.70. The van der Waals surface area contributed by atoms with Crippen molar-refractivity contribution >= 4 is 11.7 Å². The van der Waals surface area contributed by atoms with Crippen LogP contribution in [-0.4, -0.2) is 29.0 Å². The summed E-state index contributed by atoms with van der Waals surface area (Å²) >= 11 is 0. The monoisotopic (exact) mass is 221 g/mol. The van der Waals surface area contributed by atoms with Crippen LogP contribution in [0.15, 0.2) is 12.4 Å². The van der Waals surface area contributed by atoms with E-state index in [4.69, 9.17) is 11.5 Å². The molecule has 1 aromatic heterocycles. The molecule has 0 aromatic carbocycles. The summed E-state index contributed by atoms with van der Waals surface area (Å²) in [6, 6.07) is 0. The molecule has 6 heteroatoms. The molecular formula is C10H15N5O. The summed E-state index contributed by atoms with van der Waals surface area (Å²) in [5.74, 6) is 0.464. The summed E-state index contributed by atoms with van der Waals surface area (Å²) in [4.78, 5) is 21.5. The van der Waals surface area contributed by atoms with E-state index in [1.807, 2.05) is 4.90 Å². The molecule has 0 bridgehead atoms. The lowest BCUT2D eigenvalue weighted by molar-refractivity contribution is -0.121. The van der Waals surface area contributed by atoms with E-state index in [2.05, 4.69) is 9.97 Å². The van der Waals surface area contributed by atoms with Crippen molar-refractivity contribution in [1.29, 1.82) is 0 Å². The average Bonchev–Trinajstić information content (AvgIpc) is 2.78. The lowest BCUT2D eigenvalue weighted by atomic mass is 10.1. The Labute approximate surface area is 93.7 Å². The van der Waals surface area contributed by atoms with Crippen LogP contribution in [0.4, 0.5) is 5.82 Å². The summed E-state index contributed by atoms with van der Waals surface area (Å²) in [6.45, 7) is 1.81. The number of nitrogens with zero attached hydrogens (tertiary/aromatic N) is 3. The van der Waals surface area contributed by atoms with E-state index in [1.165, 1.54) is 0 Å². The van der Waals surface area contributed by atoms with Crippen molar-refractivity contribution in [3.05, 3.63) is 18.1 Å². The van der Waals surface area contributed by atoms with Gasteiger partial charge < -0.3 is 16.4 Å². The molecule has 4 N–H and O–H groups in total. The first-order valence-electron chi connectivity index (χ1n) is 5.26. The maximum Gasteiger partial charge on any atom is 0.222 e. The van der Waals surface area contributed by atoms with Gasteiger partial charge in [-0.2, -0.15) is 0 Å². The van der Waals surface area contributed by atoms with E-state index < -0.39 is 0 Å². The van der Waals surface area contributed by atoms with Crippen molar-refractivity contribution < 1.29 is 4.79 Å². The van der Waals surface area contributed by atoms with Gasteiger partial charge in [-0.3, -0.25) is 9.78 Å². The second kappa shape index (κ2) is 4.44. The van der Waals surface area contributed by atoms with Crippen LogP contribution in [0.5, 0.6) is 0 Å². The van der Waals surface area contributed by atoms with Gasteiger partial charge in [-0.05, 0) is 6.42 Å². The van der Waals surface area contributed by atoms with Crippen LogP contribution in [0.25, 0.3) is 0 Å². The molecule has 1 unspecified atom stereocenters. The first kappa shape index (κ1) is 10.8. The van der Waals surface area contributed by atoms with Crippen molar-refractivity contribution in [1.82, 2.24) is 9.97 Å². The topological polar surface area (TPSA) is 98.1 Å². The molecule has 0 spiro atoms. The Morgan fingerprint density at radius 2 is 2.31 bits per heavy atom. The summed E-state index contributed by atoms with van der Waals surface area (Å²) in [5, 5.41) is 0. The third kappa shape index (κ3) is 2.11. The van der Waals surface area contributed by atoms with Crippen molar-refractivity contribution in [2.24, 2.45) is 17.4 Å². The number of nitrogens with two attached hydrogens (primary N) is 2. The number of hydrogen-bond donors (Lipinski definition) is 2. The van der Waals surface area contributed by atoms with Crippen LogP contribution in [0, 0.1) is 5.92 Å². The quantitative estimate of drug-likeness (QED) is 0.699. The molecule has 2 heterocycles. The van der Waals surface area contributed by atoms with Crippen molar-refractivity contribution in [3.63, 3.8) is 0 Å². The Hall–Kier alpha value is -1.69. The Morgan fingerprint density at radius 3 is 2.81 bits per heavy atom. The second-order valence-electron chi connectivity index (χ2n) is 3.90. The third-order valence-electron chi connectivity index (χ3n) is 2.82. The predicted octanol–water partition coefficient (Wildman–Crippen LogP) is -0.753. The summed E-state index contributed by atoms with van der Waals surface area (Å²) in [6.07, 6.45) is 4.13. The van der Waals surface area contributed by atoms with E-state index >= 15 is 0 Å². The Kier molecular flexibility index (Phi) is 3.00. The number of amides is 1. The smallest absolute Gasteiger partial charge is 0.222 e. The van der Waals surface area contributed by atoms with Gasteiger partial charge in [0.15, 0.2) is 0 Å². The fraction of sp³-hybridized carbons (Fsp3) is 0.500. The molecule has 1 amide bonds. The van der Waals surface area contributed by atoms with Gasteiger partial charge in [0, 0.05) is 19.6 Å². The van der Waals surface area contributed by atoms with Crippen molar-refractivity contribution in [2.75, 3.05) is 18.0 Å². The highest BCUT2D eigenvalue weighted by Gasteiger charge is 2.27. The van der Waals surface area contributed by atoms with Crippen LogP contribution < -0.4 is 16.4 Å². The molecule has 0 saturated carbocycles. The van der Waals surface area contributed by atoms with Gasteiger partial charge >= 0.3 is 0 Å². The molecule has 6 nitrogen and oxygen atoms in total. The lowest BCUT2D eigenvalue weighted by Gasteiger charge is -2.16. The largest absolute Gasteiger partial charge is 0.369 e. The van der Waals surface area contributed by atoms with Crippen molar-refractivity contribution in [2.45, 2.75) is 13.0 Å². The highest BCUT2D eigenvalue weighted by Crippen LogP contribution is 2.20. The average molecular weight is 221 g/mol. The third-order valence-corrected chi connectivity index (χ3v) is 2.82. The van der Waals surface area contributed by atoms with E-state index in [0.717, 1.165) is 24.5 Å². The normalized spacial score (nSPS) is 20.1. The summed E-state index contributed by atoms with van der Waals surface area (Å²) in [5.41, 5.74) is 11.5. The molecule has 2 rings (SSSR count). The van der Waals surface area contributed by atoms with E-state index in [9.17, 15) is 4.79 Å². The van der Waals surface area contributed by atoms with Crippen LogP contribution in [0.1, 0.15) is 12.1 Å². The van der Waals surface area contributed by atoms with Crippen LogP contribution in [0.2, 0.25) is 0 Å². The molecule has 86 valence electrons. The Bertz CT molecular complexity index is 377. The summed E-state index contributed by atoms with van der Waals surface area (Å²) < 4.78 is 0. The highest BCUT2D eigenvalue weighted by atomic mass is 16.1. The van der Waals surface area contributed by atoms with Gasteiger partial charge in [0.25, 0.3) is 0 Å². The molecule has 1 atom stereocenters. The molecule has 1 fully saturated rings. The van der Waals surface area contributed by atoms with Gasteiger partial charge in [0.05, 0.1) is 24.0 Å². The van der Waals surface area contributed by atoms with Gasteiger partial charge in [-0.1, -0.05) is 0 Å². The van der Waals surface area contributed by atoms with E-state index in [1.54, 1.807) is 12.4 Å². The molecule has 1 saturated heterocycles. The fourth-order valence-electron chi connectivity index (χ4n) is 1.82. The Balaban J connectivity index is 2.05. The molecular weight excluding hydrogens is 206 g/mol. The second-order valence-corrected chi connectivity index (χ2v) is 3.90. The number of primary amides is 1. The number of anilines is 1. The van der Waals surface area contributed by atoms with Crippen LogP contribution in [-0.2, 0) is 11.3 Å². The number of carbonyl (C=O) groups is 1. The molecule has 1 aromatic rings. The number of carbonyl (C=O) groups excluding carboxylic acids is 1. The lowest BCUT2D eigenvalue weighted by Crippen LogP contribution is -2.27. The standard InChI is InChI=1S/C10H15N5O/c11-3-8-4-14-9(5-13-8)15-2-1-7(6-15)10(12)16/h4-5,7H,1-3,6,11H2,(H2,12,16). The number of hydrogen-bond acceptors (Lipinski definition) is 5. The van der Waals surface area contributed by atoms with Gasteiger partial charge in [0.2, 0.25) is 5.91 Å². The molecule has 0 radical (unpaired) electrons.